The minimum absolute atomic E-state index is 0.0180. The van der Waals surface area contributed by atoms with Crippen LogP contribution < -0.4 is 10.6 Å². The molecule has 0 atom stereocenters. The lowest BCUT2D eigenvalue weighted by molar-refractivity contribution is -0.116. The van der Waals surface area contributed by atoms with Crippen molar-refractivity contribution >= 4 is 40.6 Å². The molecule has 1 aromatic heterocycles. The van der Waals surface area contributed by atoms with Crippen LogP contribution in [0, 0.1) is 5.92 Å². The number of nitrogens with zero attached hydrogens (tertiary/aromatic N) is 1. The standard InChI is InChI=1S/C18H21Cl2N3O/c1-12(2)9-18(24)23-17-6-5-15(11-22-17)21-8-7-13-3-4-14(19)10-16(13)20/h3-6,10-12,21H,7-9H2,1-2H3,(H,22,23,24). The summed E-state index contributed by atoms with van der Waals surface area (Å²) in [4.78, 5) is 15.9. The number of rotatable bonds is 7. The van der Waals surface area contributed by atoms with E-state index in [-0.39, 0.29) is 5.91 Å². The second-order valence-corrected chi connectivity index (χ2v) is 6.83. The lowest BCUT2D eigenvalue weighted by Gasteiger charge is -2.09. The zero-order valence-corrected chi connectivity index (χ0v) is 15.3. The molecule has 0 aliphatic rings. The first-order valence-corrected chi connectivity index (χ1v) is 8.63. The smallest absolute Gasteiger partial charge is 0.225 e. The molecule has 6 heteroatoms. The molecule has 0 bridgehead atoms. The minimum atomic E-state index is -0.0180. The highest BCUT2D eigenvalue weighted by atomic mass is 35.5. The van der Waals surface area contributed by atoms with Crippen LogP contribution in [-0.2, 0) is 11.2 Å². The normalized spacial score (nSPS) is 10.7. The third kappa shape index (κ3) is 6.02. The lowest BCUT2D eigenvalue weighted by Crippen LogP contribution is -2.14. The average Bonchev–Trinajstić information content (AvgIpc) is 2.50. The topological polar surface area (TPSA) is 54.0 Å². The fraction of sp³-hybridized carbons (Fsp3) is 0.333. The zero-order chi connectivity index (χ0) is 17.5. The Kier molecular flexibility index (Phi) is 6.88. The molecule has 4 nitrogen and oxygen atoms in total. The van der Waals surface area contributed by atoms with Gasteiger partial charge in [0, 0.05) is 23.0 Å². The van der Waals surface area contributed by atoms with E-state index in [1.54, 1.807) is 18.3 Å². The van der Waals surface area contributed by atoms with E-state index >= 15 is 0 Å². The molecule has 128 valence electrons. The molecule has 1 heterocycles. The molecule has 1 aromatic carbocycles. The number of hydrogen-bond acceptors (Lipinski definition) is 3. The maximum atomic E-state index is 11.7. The van der Waals surface area contributed by atoms with Crippen LogP contribution >= 0.6 is 23.2 Å². The molecule has 1 amide bonds. The Hall–Kier alpha value is -1.78. The number of nitrogens with one attached hydrogen (secondary N) is 2. The van der Waals surface area contributed by atoms with Gasteiger partial charge in [0.2, 0.25) is 5.91 Å². The fourth-order valence-electron chi connectivity index (χ4n) is 2.20. The summed E-state index contributed by atoms with van der Waals surface area (Å²) in [5, 5.41) is 7.38. The predicted molar refractivity (Wildman–Crippen MR) is 101 cm³/mol. The van der Waals surface area contributed by atoms with Crippen molar-refractivity contribution in [1.29, 1.82) is 0 Å². The van der Waals surface area contributed by atoms with E-state index < -0.39 is 0 Å². The van der Waals surface area contributed by atoms with Gasteiger partial charge in [-0.3, -0.25) is 4.79 Å². The van der Waals surface area contributed by atoms with Gasteiger partial charge < -0.3 is 10.6 Å². The van der Waals surface area contributed by atoms with Gasteiger partial charge >= 0.3 is 0 Å². The van der Waals surface area contributed by atoms with Crippen molar-refractivity contribution in [2.45, 2.75) is 26.7 Å². The first-order valence-electron chi connectivity index (χ1n) is 7.87. The summed E-state index contributed by atoms with van der Waals surface area (Å²) in [5.41, 5.74) is 1.93. The summed E-state index contributed by atoms with van der Waals surface area (Å²) in [7, 11) is 0. The Balaban J connectivity index is 1.82. The maximum absolute atomic E-state index is 11.7. The third-order valence-corrected chi connectivity index (χ3v) is 3.95. The SMILES string of the molecule is CC(C)CC(=O)Nc1ccc(NCCc2ccc(Cl)cc2Cl)cn1. The van der Waals surface area contributed by atoms with E-state index in [2.05, 4.69) is 15.6 Å². The first kappa shape index (κ1) is 18.6. The van der Waals surface area contributed by atoms with E-state index in [0.717, 1.165) is 24.2 Å². The molecule has 0 radical (unpaired) electrons. The minimum Gasteiger partial charge on any atom is -0.383 e. The van der Waals surface area contributed by atoms with Gasteiger partial charge in [-0.15, -0.1) is 0 Å². The third-order valence-electron chi connectivity index (χ3n) is 3.36. The number of pyridine rings is 1. The zero-order valence-electron chi connectivity index (χ0n) is 13.8. The molecule has 0 aliphatic heterocycles. The summed E-state index contributed by atoms with van der Waals surface area (Å²) < 4.78 is 0. The molecule has 0 spiro atoms. The fourth-order valence-corrected chi connectivity index (χ4v) is 2.71. The van der Waals surface area contributed by atoms with Crippen molar-refractivity contribution in [3.8, 4) is 0 Å². The summed E-state index contributed by atoms with van der Waals surface area (Å²) >= 11 is 12.0. The van der Waals surface area contributed by atoms with Crippen LogP contribution in [0.25, 0.3) is 0 Å². The van der Waals surface area contributed by atoms with Crippen molar-refractivity contribution in [1.82, 2.24) is 4.98 Å². The van der Waals surface area contributed by atoms with E-state index in [9.17, 15) is 4.79 Å². The average molecular weight is 366 g/mol. The van der Waals surface area contributed by atoms with Gasteiger partial charge in [-0.05, 0) is 42.2 Å². The second kappa shape index (κ2) is 8.90. The molecular formula is C18H21Cl2N3O. The van der Waals surface area contributed by atoms with Crippen LogP contribution in [0.4, 0.5) is 11.5 Å². The molecule has 0 aliphatic carbocycles. The number of anilines is 2. The number of hydrogen-bond donors (Lipinski definition) is 2. The van der Waals surface area contributed by atoms with Crippen LogP contribution in [0.2, 0.25) is 10.0 Å². The summed E-state index contributed by atoms with van der Waals surface area (Å²) in [6.45, 7) is 4.74. The van der Waals surface area contributed by atoms with Gasteiger partial charge in [0.1, 0.15) is 5.82 Å². The van der Waals surface area contributed by atoms with Gasteiger partial charge in [0.25, 0.3) is 0 Å². The van der Waals surface area contributed by atoms with Crippen molar-refractivity contribution in [3.05, 3.63) is 52.1 Å². The number of carbonyl (C=O) groups excluding carboxylic acids is 1. The molecule has 0 saturated carbocycles. The van der Waals surface area contributed by atoms with Crippen molar-refractivity contribution in [2.24, 2.45) is 5.92 Å². The van der Waals surface area contributed by atoms with Gasteiger partial charge in [-0.2, -0.15) is 0 Å². The quantitative estimate of drug-likeness (QED) is 0.723. The van der Waals surface area contributed by atoms with Crippen LogP contribution in [0.3, 0.4) is 0 Å². The molecule has 0 unspecified atom stereocenters. The van der Waals surface area contributed by atoms with Crippen molar-refractivity contribution in [3.63, 3.8) is 0 Å². The van der Waals surface area contributed by atoms with Gasteiger partial charge in [-0.1, -0.05) is 43.1 Å². The summed E-state index contributed by atoms with van der Waals surface area (Å²) in [6.07, 6.45) is 2.97. The highest BCUT2D eigenvalue weighted by Crippen LogP contribution is 2.21. The number of carbonyl (C=O) groups is 1. The van der Waals surface area contributed by atoms with Crippen LogP contribution in [0.5, 0.6) is 0 Å². The Morgan fingerprint density at radius 1 is 1.21 bits per heavy atom. The Labute approximate surface area is 152 Å². The van der Waals surface area contributed by atoms with Crippen LogP contribution in [0.1, 0.15) is 25.8 Å². The molecule has 0 fully saturated rings. The number of benzene rings is 1. The molecule has 2 N–H and O–H groups in total. The predicted octanol–water partition coefficient (Wildman–Crippen LogP) is 5.03. The molecule has 0 saturated heterocycles. The lowest BCUT2D eigenvalue weighted by atomic mass is 10.1. The Morgan fingerprint density at radius 2 is 2.00 bits per heavy atom. The highest BCUT2D eigenvalue weighted by molar-refractivity contribution is 6.35. The van der Waals surface area contributed by atoms with E-state index in [1.165, 1.54) is 0 Å². The summed E-state index contributed by atoms with van der Waals surface area (Å²) in [5.74, 6) is 0.869. The molecular weight excluding hydrogens is 345 g/mol. The highest BCUT2D eigenvalue weighted by Gasteiger charge is 2.06. The van der Waals surface area contributed by atoms with Gasteiger partial charge in [0.05, 0.1) is 11.9 Å². The van der Waals surface area contributed by atoms with E-state index in [4.69, 9.17) is 23.2 Å². The number of aromatic nitrogens is 1. The molecule has 2 aromatic rings. The largest absolute Gasteiger partial charge is 0.383 e. The van der Waals surface area contributed by atoms with Crippen molar-refractivity contribution < 1.29 is 4.79 Å². The Bertz CT molecular complexity index is 687. The van der Waals surface area contributed by atoms with Gasteiger partial charge in [0.15, 0.2) is 0 Å². The van der Waals surface area contributed by atoms with Gasteiger partial charge in [-0.25, -0.2) is 4.98 Å². The van der Waals surface area contributed by atoms with Crippen LogP contribution in [0.15, 0.2) is 36.5 Å². The monoisotopic (exact) mass is 365 g/mol. The number of amides is 1. The molecule has 2 rings (SSSR count). The van der Waals surface area contributed by atoms with Crippen molar-refractivity contribution in [2.75, 3.05) is 17.2 Å². The summed E-state index contributed by atoms with van der Waals surface area (Å²) in [6, 6.07) is 9.18. The molecule has 24 heavy (non-hydrogen) atoms. The Morgan fingerprint density at radius 3 is 2.62 bits per heavy atom. The van der Waals surface area contributed by atoms with E-state index in [0.29, 0.717) is 28.2 Å². The maximum Gasteiger partial charge on any atom is 0.225 e. The van der Waals surface area contributed by atoms with E-state index in [1.807, 2.05) is 32.0 Å². The second-order valence-electron chi connectivity index (χ2n) is 5.99. The first-order chi connectivity index (χ1) is 11.4. The number of halogens is 2. The van der Waals surface area contributed by atoms with Crippen LogP contribution in [-0.4, -0.2) is 17.4 Å².